The molecule has 112 valence electrons. The molecule has 1 unspecified atom stereocenters. The Hall–Kier alpha value is -1.62. The molecule has 0 bridgehead atoms. The molecule has 0 radical (unpaired) electrons. The largest absolute Gasteiger partial charge is 0.496 e. The molecule has 0 aliphatic carbocycles. The fourth-order valence-corrected chi connectivity index (χ4v) is 1.95. The van der Waals surface area contributed by atoms with Gasteiger partial charge in [0.25, 0.3) is 0 Å². The molecule has 2 N–H and O–H groups in total. The van der Waals surface area contributed by atoms with Crippen LogP contribution in [0.3, 0.4) is 0 Å². The van der Waals surface area contributed by atoms with Gasteiger partial charge in [0.1, 0.15) is 17.4 Å². The number of ether oxygens (including phenoxy) is 2. The number of hydrogen-bond acceptors (Lipinski definition) is 5. The first-order valence-corrected chi connectivity index (χ1v) is 6.63. The number of rotatable bonds is 4. The molecule has 5 nitrogen and oxygen atoms in total. The molecule has 0 amide bonds. The van der Waals surface area contributed by atoms with Crippen LogP contribution in [-0.2, 0) is 16.0 Å². The molecule has 0 fully saturated rings. The van der Waals surface area contributed by atoms with E-state index in [2.05, 4.69) is 4.98 Å². The van der Waals surface area contributed by atoms with Crippen molar-refractivity contribution >= 4 is 5.97 Å². The van der Waals surface area contributed by atoms with Crippen LogP contribution in [0.1, 0.15) is 37.6 Å². The summed E-state index contributed by atoms with van der Waals surface area (Å²) in [6, 6.07) is -0.729. The van der Waals surface area contributed by atoms with E-state index in [1.807, 2.05) is 34.6 Å². The molecule has 1 aromatic rings. The minimum Gasteiger partial charge on any atom is -0.496 e. The van der Waals surface area contributed by atoms with Crippen LogP contribution in [0, 0.1) is 13.8 Å². The fraction of sp³-hybridized carbons (Fsp3) is 0.600. The van der Waals surface area contributed by atoms with Gasteiger partial charge in [-0.3, -0.25) is 9.78 Å². The number of esters is 1. The molecule has 1 heterocycles. The van der Waals surface area contributed by atoms with Crippen LogP contribution in [0.4, 0.5) is 0 Å². The van der Waals surface area contributed by atoms with Crippen molar-refractivity contribution in [3.05, 3.63) is 23.0 Å². The van der Waals surface area contributed by atoms with Gasteiger partial charge in [-0.2, -0.15) is 0 Å². The lowest BCUT2D eigenvalue weighted by Crippen LogP contribution is -2.39. The maximum atomic E-state index is 11.9. The first-order chi connectivity index (χ1) is 9.15. The number of methoxy groups -OCH3 is 1. The van der Waals surface area contributed by atoms with Crippen LogP contribution in [0.25, 0.3) is 0 Å². The van der Waals surface area contributed by atoms with Crippen LogP contribution >= 0.6 is 0 Å². The number of carbonyl (C=O) groups is 1. The summed E-state index contributed by atoms with van der Waals surface area (Å²) >= 11 is 0. The minimum atomic E-state index is -0.729. The molecule has 1 rings (SSSR count). The van der Waals surface area contributed by atoms with Gasteiger partial charge in [0.05, 0.1) is 7.11 Å². The standard InChI is InChI=1S/C15H24N2O3/c1-9-8-17-12(10(2)13(9)19-6)7-11(16)14(18)20-15(3,4)5/h8,11H,7,16H2,1-6H3. The van der Waals surface area contributed by atoms with Crippen molar-refractivity contribution in [3.8, 4) is 5.75 Å². The van der Waals surface area contributed by atoms with E-state index in [-0.39, 0.29) is 0 Å². The second kappa shape index (κ2) is 6.22. The first-order valence-electron chi connectivity index (χ1n) is 6.63. The smallest absolute Gasteiger partial charge is 0.323 e. The fourth-order valence-electron chi connectivity index (χ4n) is 1.95. The van der Waals surface area contributed by atoms with Gasteiger partial charge in [-0.05, 0) is 34.6 Å². The van der Waals surface area contributed by atoms with Crippen molar-refractivity contribution in [1.29, 1.82) is 0 Å². The third-order valence-corrected chi connectivity index (χ3v) is 2.87. The quantitative estimate of drug-likeness (QED) is 0.853. The summed E-state index contributed by atoms with van der Waals surface area (Å²) in [6.45, 7) is 9.29. The number of carbonyl (C=O) groups excluding carboxylic acids is 1. The maximum Gasteiger partial charge on any atom is 0.323 e. The molecule has 20 heavy (non-hydrogen) atoms. The third kappa shape index (κ3) is 4.20. The average molecular weight is 280 g/mol. The van der Waals surface area contributed by atoms with Crippen LogP contribution in [0.5, 0.6) is 5.75 Å². The van der Waals surface area contributed by atoms with E-state index in [4.69, 9.17) is 15.2 Å². The van der Waals surface area contributed by atoms with Crippen molar-refractivity contribution in [1.82, 2.24) is 4.98 Å². The zero-order valence-corrected chi connectivity index (χ0v) is 13.1. The molecule has 5 heteroatoms. The number of aryl methyl sites for hydroxylation is 1. The molecule has 0 saturated heterocycles. The van der Waals surface area contributed by atoms with Gasteiger partial charge < -0.3 is 15.2 Å². The Balaban J connectivity index is 2.86. The summed E-state index contributed by atoms with van der Waals surface area (Å²) in [5.41, 5.74) is 7.98. The van der Waals surface area contributed by atoms with Crippen LogP contribution in [0.15, 0.2) is 6.20 Å². The zero-order chi connectivity index (χ0) is 15.5. The van der Waals surface area contributed by atoms with Crippen LogP contribution in [-0.4, -0.2) is 29.7 Å². The molecule has 0 aliphatic rings. The second-order valence-corrected chi connectivity index (χ2v) is 5.89. The predicted octanol–water partition coefficient (Wildman–Crippen LogP) is 1.92. The van der Waals surface area contributed by atoms with Gasteiger partial charge in [0.2, 0.25) is 0 Å². The first kappa shape index (κ1) is 16.4. The lowest BCUT2D eigenvalue weighted by Gasteiger charge is -2.22. The van der Waals surface area contributed by atoms with E-state index in [1.54, 1.807) is 13.3 Å². The Morgan fingerprint density at radius 2 is 2.00 bits per heavy atom. The highest BCUT2D eigenvalue weighted by molar-refractivity contribution is 5.76. The normalized spacial score (nSPS) is 12.9. The van der Waals surface area contributed by atoms with Crippen LogP contribution in [0.2, 0.25) is 0 Å². The van der Waals surface area contributed by atoms with Gasteiger partial charge in [-0.25, -0.2) is 0 Å². The summed E-state index contributed by atoms with van der Waals surface area (Å²) in [6.07, 6.45) is 2.06. The third-order valence-electron chi connectivity index (χ3n) is 2.87. The molecular weight excluding hydrogens is 256 g/mol. The molecule has 0 aliphatic heterocycles. The summed E-state index contributed by atoms with van der Waals surface area (Å²) in [7, 11) is 1.62. The second-order valence-electron chi connectivity index (χ2n) is 5.89. The van der Waals surface area contributed by atoms with Crippen molar-refractivity contribution in [3.63, 3.8) is 0 Å². The lowest BCUT2D eigenvalue weighted by molar-refractivity contribution is -0.156. The van der Waals surface area contributed by atoms with Gasteiger partial charge >= 0.3 is 5.97 Å². The topological polar surface area (TPSA) is 74.4 Å². The Kier molecular flexibility index (Phi) is 5.11. The number of nitrogens with zero attached hydrogens (tertiary/aromatic N) is 1. The average Bonchev–Trinajstić information content (AvgIpc) is 2.31. The minimum absolute atomic E-state index is 0.331. The van der Waals surface area contributed by atoms with Crippen molar-refractivity contribution < 1.29 is 14.3 Å². The summed E-state index contributed by atoms with van der Waals surface area (Å²) in [5, 5.41) is 0. The summed E-state index contributed by atoms with van der Waals surface area (Å²) < 4.78 is 10.6. The zero-order valence-electron chi connectivity index (χ0n) is 13.1. The maximum absolute atomic E-state index is 11.9. The van der Waals surface area contributed by atoms with E-state index in [9.17, 15) is 4.79 Å². The Labute approximate surface area is 120 Å². The highest BCUT2D eigenvalue weighted by Crippen LogP contribution is 2.24. The van der Waals surface area contributed by atoms with E-state index < -0.39 is 17.6 Å². The van der Waals surface area contributed by atoms with Gasteiger partial charge in [-0.15, -0.1) is 0 Å². The molecule has 0 saturated carbocycles. The van der Waals surface area contributed by atoms with E-state index in [0.717, 1.165) is 22.6 Å². The van der Waals surface area contributed by atoms with E-state index >= 15 is 0 Å². The summed E-state index contributed by atoms with van der Waals surface area (Å²) in [5.74, 6) is 0.365. The van der Waals surface area contributed by atoms with Crippen molar-refractivity contribution in [2.45, 2.75) is 52.7 Å². The van der Waals surface area contributed by atoms with Crippen molar-refractivity contribution in [2.24, 2.45) is 5.73 Å². The molecule has 1 atom stereocenters. The number of pyridine rings is 1. The van der Waals surface area contributed by atoms with E-state index in [0.29, 0.717) is 6.42 Å². The highest BCUT2D eigenvalue weighted by Gasteiger charge is 2.24. The van der Waals surface area contributed by atoms with Crippen LogP contribution < -0.4 is 10.5 Å². The number of aromatic nitrogens is 1. The molecular formula is C15H24N2O3. The Morgan fingerprint density at radius 1 is 1.40 bits per heavy atom. The van der Waals surface area contributed by atoms with Crippen molar-refractivity contribution in [2.75, 3.05) is 7.11 Å². The lowest BCUT2D eigenvalue weighted by atomic mass is 10.0. The molecule has 0 aromatic carbocycles. The van der Waals surface area contributed by atoms with Gasteiger partial charge in [-0.1, -0.05) is 0 Å². The predicted molar refractivity (Wildman–Crippen MR) is 77.8 cm³/mol. The monoisotopic (exact) mass is 280 g/mol. The van der Waals surface area contributed by atoms with Gasteiger partial charge in [0, 0.05) is 29.4 Å². The molecule has 0 spiro atoms. The summed E-state index contributed by atoms with van der Waals surface area (Å²) in [4.78, 5) is 16.2. The molecule has 1 aromatic heterocycles. The van der Waals surface area contributed by atoms with E-state index in [1.165, 1.54) is 0 Å². The SMILES string of the molecule is COc1c(C)cnc(CC(N)C(=O)OC(C)(C)C)c1C. The Bertz CT molecular complexity index is 493. The highest BCUT2D eigenvalue weighted by atomic mass is 16.6. The Morgan fingerprint density at radius 3 is 2.50 bits per heavy atom. The number of nitrogens with two attached hydrogens (primary N) is 1. The number of hydrogen-bond donors (Lipinski definition) is 1. The van der Waals surface area contributed by atoms with Gasteiger partial charge in [0.15, 0.2) is 0 Å².